The quantitative estimate of drug-likeness (QED) is 0.277. The Kier molecular flexibility index (Phi) is 10.5. The summed E-state index contributed by atoms with van der Waals surface area (Å²) in [5.41, 5.74) is 0. The van der Waals surface area contributed by atoms with Crippen molar-refractivity contribution in [3.8, 4) is 0 Å². The van der Waals surface area contributed by atoms with Gasteiger partial charge in [0.25, 0.3) is 11.8 Å². The summed E-state index contributed by atoms with van der Waals surface area (Å²) < 4.78 is 0. The minimum atomic E-state index is -1.09. The molecule has 8 amide bonds. The van der Waals surface area contributed by atoms with Crippen LogP contribution in [0.5, 0.6) is 0 Å². The van der Waals surface area contributed by atoms with Crippen LogP contribution < -0.4 is 0 Å². The van der Waals surface area contributed by atoms with Crippen LogP contribution in [0.25, 0.3) is 0 Å². The molecule has 3 aliphatic rings. The first kappa shape index (κ1) is 30.1. The third-order valence-electron chi connectivity index (χ3n) is 6.14. The number of hydrazine groups is 1. The molecule has 3 rings (SSSR count). The van der Waals surface area contributed by atoms with Crippen LogP contribution in [0, 0.1) is 0 Å². The lowest BCUT2D eigenvalue weighted by atomic mass is 10.2. The first-order chi connectivity index (χ1) is 18.6. The molecule has 3 heterocycles. The Bertz CT molecular complexity index is 1030. The molecule has 0 aromatic carbocycles. The Balaban J connectivity index is 1.98. The second-order valence-electron chi connectivity index (χ2n) is 8.71. The van der Waals surface area contributed by atoms with Crippen LogP contribution in [-0.4, -0.2) is 108 Å². The third kappa shape index (κ3) is 6.98. The van der Waals surface area contributed by atoms with Gasteiger partial charge in [-0.3, -0.25) is 48.2 Å². The van der Waals surface area contributed by atoms with Crippen molar-refractivity contribution in [2.24, 2.45) is 0 Å². The number of hydrogen-bond acceptors (Lipinski definition) is 12. The Hall–Kier alpha value is -3.40. The van der Waals surface area contributed by atoms with Crippen LogP contribution in [0.1, 0.15) is 51.4 Å². The zero-order valence-electron chi connectivity index (χ0n) is 20.8. The SMILES string of the molecule is O=CCCC(=O)N1C(=O)CCN2C(=O)CC(SCSC3CC(=O)N(CCC(=O)N1C(=O)CCC=O)C3=O)C2=O. The Labute approximate surface area is 231 Å². The maximum absolute atomic E-state index is 13.2. The second-order valence-corrected chi connectivity index (χ2v) is 11.5. The highest BCUT2D eigenvalue weighted by atomic mass is 32.2. The van der Waals surface area contributed by atoms with E-state index in [-0.39, 0.29) is 40.8 Å². The lowest BCUT2D eigenvalue weighted by Gasteiger charge is -2.32. The summed E-state index contributed by atoms with van der Waals surface area (Å²) in [6.07, 6.45) is -2.42. The largest absolute Gasteiger partial charge is 0.303 e. The average molecular weight is 583 g/mol. The second kappa shape index (κ2) is 13.6. The van der Waals surface area contributed by atoms with E-state index in [2.05, 4.69) is 0 Å². The summed E-state index contributed by atoms with van der Waals surface area (Å²) in [4.78, 5) is 126. The van der Waals surface area contributed by atoms with Crippen molar-refractivity contribution in [2.75, 3.05) is 18.2 Å². The molecule has 2 atom stereocenters. The van der Waals surface area contributed by atoms with Gasteiger partial charge in [-0.05, 0) is 0 Å². The fourth-order valence-corrected chi connectivity index (χ4v) is 6.86. The van der Waals surface area contributed by atoms with Gasteiger partial charge in [0.15, 0.2) is 0 Å². The number of fused-ring (bicyclic) bond motifs is 4. The standard InChI is InChI=1S/C23H26N4O10S2/c28-9-1-3-16(30)26-18(32)5-7-24-20(34)11-14(22(24)36)38-13-39-15-12-21(35)25(23(15)37)8-6-19(33)27(26)17(31)4-2-10-29/h9-10,14-15H,1-8,11-13H2. The molecule has 0 N–H and O–H groups in total. The molecule has 16 heteroatoms. The number of rotatable bonds is 6. The van der Waals surface area contributed by atoms with Gasteiger partial charge in [0.1, 0.15) is 12.6 Å². The predicted molar refractivity (Wildman–Crippen MR) is 134 cm³/mol. The third-order valence-corrected chi connectivity index (χ3v) is 8.77. The number of imide groups is 4. The summed E-state index contributed by atoms with van der Waals surface area (Å²) in [5.74, 6) is -6.57. The lowest BCUT2D eigenvalue weighted by molar-refractivity contribution is -0.180. The van der Waals surface area contributed by atoms with Gasteiger partial charge in [-0.2, -0.15) is 10.0 Å². The molecule has 0 saturated carbocycles. The van der Waals surface area contributed by atoms with Gasteiger partial charge in [-0.15, -0.1) is 23.5 Å². The highest BCUT2D eigenvalue weighted by molar-refractivity contribution is 8.17. The minimum absolute atomic E-state index is 0.140. The maximum Gasteiger partial charge on any atom is 0.250 e. The zero-order valence-corrected chi connectivity index (χ0v) is 22.4. The van der Waals surface area contributed by atoms with Crippen LogP contribution in [0.15, 0.2) is 0 Å². The van der Waals surface area contributed by atoms with E-state index in [0.717, 1.165) is 33.3 Å². The van der Waals surface area contributed by atoms with E-state index in [4.69, 9.17) is 0 Å². The molecule has 4 bridgehead atoms. The van der Waals surface area contributed by atoms with E-state index < -0.39 is 96.5 Å². The van der Waals surface area contributed by atoms with Crippen molar-refractivity contribution < 1.29 is 47.9 Å². The Morgan fingerprint density at radius 3 is 1.41 bits per heavy atom. The number of hydrogen-bond donors (Lipinski definition) is 0. The van der Waals surface area contributed by atoms with Crippen LogP contribution in [0.2, 0.25) is 0 Å². The van der Waals surface area contributed by atoms with Gasteiger partial charge < -0.3 is 9.59 Å². The van der Waals surface area contributed by atoms with Crippen molar-refractivity contribution >= 4 is 83.4 Å². The number of aldehydes is 2. The summed E-state index contributed by atoms with van der Waals surface area (Å²) in [7, 11) is 0. The molecule has 2 unspecified atom stereocenters. The summed E-state index contributed by atoms with van der Waals surface area (Å²) in [6, 6.07) is 0. The number of amides is 8. The average Bonchev–Trinajstić information content (AvgIpc) is 3.33. The molecule has 0 spiro atoms. The van der Waals surface area contributed by atoms with Crippen LogP contribution in [-0.2, 0) is 47.9 Å². The smallest absolute Gasteiger partial charge is 0.250 e. The first-order valence-electron chi connectivity index (χ1n) is 12.1. The molecular weight excluding hydrogens is 556 g/mol. The monoisotopic (exact) mass is 582 g/mol. The number of carbonyl (C=O) groups is 10. The summed E-state index contributed by atoms with van der Waals surface area (Å²) in [6.45, 7) is -0.821. The van der Waals surface area contributed by atoms with E-state index in [0.29, 0.717) is 12.6 Å². The van der Waals surface area contributed by atoms with Gasteiger partial charge in [-0.1, -0.05) is 0 Å². The molecular formula is C23H26N4O10S2. The number of nitrogens with zero attached hydrogens (tertiary/aromatic N) is 4. The molecule has 0 radical (unpaired) electrons. The minimum Gasteiger partial charge on any atom is -0.303 e. The topological polar surface area (TPSA) is 184 Å². The van der Waals surface area contributed by atoms with Crippen molar-refractivity contribution in [1.29, 1.82) is 0 Å². The van der Waals surface area contributed by atoms with Crippen molar-refractivity contribution in [2.45, 2.75) is 61.9 Å². The molecule has 210 valence electrons. The Morgan fingerprint density at radius 2 is 1.05 bits per heavy atom. The van der Waals surface area contributed by atoms with E-state index in [1.165, 1.54) is 0 Å². The molecule has 39 heavy (non-hydrogen) atoms. The van der Waals surface area contributed by atoms with Gasteiger partial charge in [-0.25, -0.2) is 0 Å². The normalized spacial score (nSPS) is 23.4. The lowest BCUT2D eigenvalue weighted by Crippen LogP contribution is -2.56. The van der Waals surface area contributed by atoms with Crippen molar-refractivity contribution in [1.82, 2.24) is 19.8 Å². The molecule has 3 fully saturated rings. The fourth-order valence-electron chi connectivity index (χ4n) is 4.17. The van der Waals surface area contributed by atoms with Crippen molar-refractivity contribution in [3.05, 3.63) is 0 Å². The molecule has 0 aromatic heterocycles. The Morgan fingerprint density at radius 1 is 0.667 bits per heavy atom. The molecule has 14 nitrogen and oxygen atoms in total. The van der Waals surface area contributed by atoms with Gasteiger partial charge >= 0.3 is 0 Å². The summed E-state index contributed by atoms with van der Waals surface area (Å²) >= 11 is 2.27. The van der Waals surface area contributed by atoms with Crippen molar-refractivity contribution in [3.63, 3.8) is 0 Å². The van der Waals surface area contributed by atoms with Gasteiger partial charge in [0.05, 0.1) is 10.5 Å². The summed E-state index contributed by atoms with van der Waals surface area (Å²) in [5, 5.41) is -0.744. The zero-order chi connectivity index (χ0) is 28.7. The van der Waals surface area contributed by atoms with E-state index >= 15 is 0 Å². The van der Waals surface area contributed by atoms with E-state index in [9.17, 15) is 47.9 Å². The van der Waals surface area contributed by atoms with Gasteiger partial charge in [0, 0.05) is 69.5 Å². The highest BCUT2D eigenvalue weighted by Crippen LogP contribution is 2.33. The van der Waals surface area contributed by atoms with Crippen LogP contribution in [0.3, 0.4) is 0 Å². The molecule has 0 aliphatic carbocycles. The first-order valence-corrected chi connectivity index (χ1v) is 14.2. The number of thioether (sulfide) groups is 2. The van der Waals surface area contributed by atoms with Crippen LogP contribution >= 0.6 is 23.5 Å². The van der Waals surface area contributed by atoms with E-state index in [1.54, 1.807) is 0 Å². The highest BCUT2D eigenvalue weighted by Gasteiger charge is 2.43. The van der Waals surface area contributed by atoms with Crippen LogP contribution in [0.4, 0.5) is 0 Å². The number of carbonyl (C=O) groups excluding carboxylic acids is 10. The van der Waals surface area contributed by atoms with E-state index in [1.807, 2.05) is 0 Å². The fraction of sp³-hybridized carbons (Fsp3) is 0.565. The molecule has 3 saturated heterocycles. The maximum atomic E-state index is 13.2. The molecule has 0 aromatic rings. The van der Waals surface area contributed by atoms with Gasteiger partial charge in [0.2, 0.25) is 35.4 Å². The predicted octanol–water partition coefficient (Wildman–Crippen LogP) is -0.957. The molecule has 3 aliphatic heterocycles.